The highest BCUT2D eigenvalue weighted by molar-refractivity contribution is 5.85. The molecule has 0 saturated carbocycles. The Bertz CT molecular complexity index is 485. The summed E-state index contributed by atoms with van der Waals surface area (Å²) in [6.07, 6.45) is 4.03. The van der Waals surface area contributed by atoms with Gasteiger partial charge in [-0.2, -0.15) is 0 Å². The number of benzene rings is 1. The second-order valence-electron chi connectivity index (χ2n) is 6.11. The number of aryl methyl sites for hydroxylation is 1. The molecule has 0 aliphatic heterocycles. The minimum absolute atomic E-state index is 0. The molecule has 1 aliphatic carbocycles. The average Bonchev–Trinajstić information content (AvgIpc) is 2.38. The highest BCUT2D eigenvalue weighted by Gasteiger charge is 2.29. The summed E-state index contributed by atoms with van der Waals surface area (Å²) < 4.78 is 0. The summed E-state index contributed by atoms with van der Waals surface area (Å²) in [5.74, 6) is 0.143. The Balaban J connectivity index is 0.00000200. The number of carbonyl (C=O) groups is 1. The Hall–Kier alpha value is -1.22. The lowest BCUT2D eigenvalue weighted by molar-refractivity contribution is -0.130. The number of hydrogen-bond acceptors (Lipinski definition) is 2. The zero-order chi connectivity index (χ0) is 14.0. The normalized spacial score (nSPS) is 17.9. The minimum atomic E-state index is -0.300. The van der Waals surface area contributed by atoms with Gasteiger partial charge in [0.15, 0.2) is 0 Å². The molecule has 0 spiro atoms. The van der Waals surface area contributed by atoms with Crippen molar-refractivity contribution in [2.45, 2.75) is 52.5 Å². The van der Waals surface area contributed by atoms with E-state index in [2.05, 4.69) is 18.3 Å². The molecule has 1 amide bonds. The summed E-state index contributed by atoms with van der Waals surface area (Å²) in [6, 6.07) is 6.17. The molecule has 2 rings (SSSR count). The predicted octanol–water partition coefficient (Wildman–Crippen LogP) is 3.62. The lowest BCUT2D eigenvalue weighted by atomic mass is 9.85. The Morgan fingerprint density at radius 1 is 1.45 bits per heavy atom. The molecule has 0 heterocycles. The number of halogens is 1. The van der Waals surface area contributed by atoms with E-state index < -0.39 is 0 Å². The summed E-state index contributed by atoms with van der Waals surface area (Å²) in [7, 11) is 0. The molecule has 3 nitrogen and oxygen atoms in total. The van der Waals surface area contributed by atoms with Crippen LogP contribution in [0.1, 0.15) is 57.2 Å². The van der Waals surface area contributed by atoms with Crippen LogP contribution >= 0.6 is 12.4 Å². The fraction of sp³-hybridized carbons (Fsp3) is 0.562. The quantitative estimate of drug-likeness (QED) is 0.837. The second-order valence-corrected chi connectivity index (χ2v) is 6.11. The summed E-state index contributed by atoms with van der Waals surface area (Å²) in [6.45, 7) is 6.04. The van der Waals surface area contributed by atoms with Crippen molar-refractivity contribution in [3.8, 4) is 0 Å². The maximum atomic E-state index is 12.3. The Morgan fingerprint density at radius 3 is 2.80 bits per heavy atom. The van der Waals surface area contributed by atoms with Crippen molar-refractivity contribution in [3.63, 3.8) is 0 Å². The highest BCUT2D eigenvalue weighted by Crippen LogP contribution is 2.32. The van der Waals surface area contributed by atoms with E-state index in [9.17, 15) is 4.79 Å². The maximum absolute atomic E-state index is 12.3. The van der Waals surface area contributed by atoms with E-state index in [1.165, 1.54) is 11.1 Å². The first-order chi connectivity index (χ1) is 8.94. The van der Waals surface area contributed by atoms with Gasteiger partial charge in [-0.1, -0.05) is 26.8 Å². The number of fused-ring (bicyclic) bond motifs is 1. The van der Waals surface area contributed by atoms with Crippen LogP contribution in [0.25, 0.3) is 0 Å². The Labute approximate surface area is 127 Å². The second kappa shape index (κ2) is 6.49. The van der Waals surface area contributed by atoms with Crippen molar-refractivity contribution in [2.75, 3.05) is 5.73 Å². The molecule has 1 atom stereocenters. The number of amides is 1. The van der Waals surface area contributed by atoms with Crippen molar-refractivity contribution in [1.29, 1.82) is 0 Å². The fourth-order valence-corrected chi connectivity index (χ4v) is 2.50. The van der Waals surface area contributed by atoms with Gasteiger partial charge in [0.1, 0.15) is 0 Å². The van der Waals surface area contributed by atoms with Crippen LogP contribution in [-0.4, -0.2) is 5.91 Å². The zero-order valence-electron chi connectivity index (χ0n) is 12.5. The van der Waals surface area contributed by atoms with E-state index >= 15 is 0 Å². The topological polar surface area (TPSA) is 55.1 Å². The molecule has 20 heavy (non-hydrogen) atoms. The van der Waals surface area contributed by atoms with Crippen molar-refractivity contribution in [3.05, 3.63) is 29.3 Å². The van der Waals surface area contributed by atoms with E-state index in [0.29, 0.717) is 0 Å². The van der Waals surface area contributed by atoms with Crippen LogP contribution in [0.15, 0.2) is 18.2 Å². The van der Waals surface area contributed by atoms with Gasteiger partial charge in [0, 0.05) is 11.1 Å². The van der Waals surface area contributed by atoms with Gasteiger partial charge < -0.3 is 11.1 Å². The van der Waals surface area contributed by atoms with Gasteiger partial charge >= 0.3 is 0 Å². The lowest BCUT2D eigenvalue weighted by Crippen LogP contribution is -2.39. The lowest BCUT2D eigenvalue weighted by Gasteiger charge is -2.30. The summed E-state index contributed by atoms with van der Waals surface area (Å²) in [5.41, 5.74) is 8.86. The monoisotopic (exact) mass is 296 g/mol. The van der Waals surface area contributed by atoms with Crippen LogP contribution in [0.3, 0.4) is 0 Å². The van der Waals surface area contributed by atoms with Crippen LogP contribution in [-0.2, 0) is 11.2 Å². The molecule has 1 aromatic rings. The largest absolute Gasteiger partial charge is 0.399 e. The molecule has 0 saturated heterocycles. The first kappa shape index (κ1) is 16.8. The summed E-state index contributed by atoms with van der Waals surface area (Å²) in [4.78, 5) is 12.3. The summed E-state index contributed by atoms with van der Waals surface area (Å²) in [5, 5.41) is 3.21. The predicted molar refractivity (Wildman–Crippen MR) is 86.0 cm³/mol. The Kier molecular flexibility index (Phi) is 5.46. The zero-order valence-corrected chi connectivity index (χ0v) is 13.3. The molecule has 1 unspecified atom stereocenters. The molecule has 1 aromatic carbocycles. The summed E-state index contributed by atoms with van der Waals surface area (Å²) >= 11 is 0. The molecule has 1 aliphatic rings. The van der Waals surface area contributed by atoms with Gasteiger partial charge in [-0.05, 0) is 48.9 Å². The third-order valence-electron chi connectivity index (χ3n) is 4.29. The smallest absolute Gasteiger partial charge is 0.226 e. The number of hydrogen-bond donors (Lipinski definition) is 2. The van der Waals surface area contributed by atoms with Gasteiger partial charge in [-0.3, -0.25) is 4.79 Å². The highest BCUT2D eigenvalue weighted by atomic mass is 35.5. The van der Waals surface area contributed by atoms with Crippen LogP contribution in [0, 0.1) is 5.41 Å². The van der Waals surface area contributed by atoms with E-state index in [-0.39, 0.29) is 29.8 Å². The van der Waals surface area contributed by atoms with Gasteiger partial charge in [-0.15, -0.1) is 12.4 Å². The van der Waals surface area contributed by atoms with Gasteiger partial charge in [-0.25, -0.2) is 0 Å². The van der Waals surface area contributed by atoms with E-state index in [1.54, 1.807) is 0 Å². The van der Waals surface area contributed by atoms with Crippen molar-refractivity contribution < 1.29 is 4.79 Å². The van der Waals surface area contributed by atoms with Crippen molar-refractivity contribution in [1.82, 2.24) is 5.32 Å². The third kappa shape index (κ3) is 3.45. The molecule has 0 bridgehead atoms. The van der Waals surface area contributed by atoms with Gasteiger partial charge in [0.25, 0.3) is 0 Å². The van der Waals surface area contributed by atoms with Crippen molar-refractivity contribution >= 4 is 24.0 Å². The van der Waals surface area contributed by atoms with E-state index in [0.717, 1.165) is 31.4 Å². The number of rotatable bonds is 3. The molecule has 0 radical (unpaired) electrons. The molecule has 4 heteroatoms. The fourth-order valence-electron chi connectivity index (χ4n) is 2.50. The molecular formula is C16H25ClN2O. The average molecular weight is 297 g/mol. The van der Waals surface area contributed by atoms with Crippen LogP contribution in [0.5, 0.6) is 0 Å². The Morgan fingerprint density at radius 2 is 2.15 bits per heavy atom. The van der Waals surface area contributed by atoms with Crippen LogP contribution in [0.2, 0.25) is 0 Å². The van der Waals surface area contributed by atoms with Crippen LogP contribution in [0.4, 0.5) is 5.69 Å². The number of nitrogens with one attached hydrogen (secondary N) is 1. The molecule has 0 fully saturated rings. The third-order valence-corrected chi connectivity index (χ3v) is 4.29. The number of nitrogens with two attached hydrogens (primary N) is 1. The minimum Gasteiger partial charge on any atom is -0.399 e. The molecular weight excluding hydrogens is 272 g/mol. The van der Waals surface area contributed by atoms with E-state index in [4.69, 9.17) is 5.73 Å². The molecule has 3 N–H and O–H groups in total. The van der Waals surface area contributed by atoms with Gasteiger partial charge in [0.05, 0.1) is 6.04 Å². The van der Waals surface area contributed by atoms with E-state index in [1.807, 2.05) is 26.0 Å². The first-order valence-electron chi connectivity index (χ1n) is 7.13. The van der Waals surface area contributed by atoms with Gasteiger partial charge in [0.2, 0.25) is 5.91 Å². The first-order valence-corrected chi connectivity index (χ1v) is 7.13. The van der Waals surface area contributed by atoms with Crippen LogP contribution < -0.4 is 11.1 Å². The maximum Gasteiger partial charge on any atom is 0.226 e. The molecule has 112 valence electrons. The number of anilines is 1. The number of nitrogen functional groups attached to an aromatic ring is 1. The van der Waals surface area contributed by atoms with Crippen molar-refractivity contribution in [2.24, 2.45) is 5.41 Å². The SMILES string of the molecule is CCC(C)(C)C(=O)NC1CCCc2cc(N)ccc21.Cl. The standard InChI is InChI=1S/C16H24N2O.ClH/c1-4-16(2,3)15(19)18-14-7-5-6-11-10-12(17)8-9-13(11)14;/h8-10,14H,4-7,17H2,1-3H3,(H,18,19);1H. The number of carbonyl (C=O) groups excluding carboxylic acids is 1. The molecule has 0 aromatic heterocycles.